The third-order valence-electron chi connectivity index (χ3n) is 6.32. The molecule has 0 saturated carbocycles. The van der Waals surface area contributed by atoms with Gasteiger partial charge in [-0.3, -0.25) is 15.0 Å². The molecule has 11 heteroatoms. The van der Waals surface area contributed by atoms with Gasteiger partial charge in [0.1, 0.15) is 10.8 Å². The zero-order valence-electron chi connectivity index (χ0n) is 20.8. The van der Waals surface area contributed by atoms with E-state index in [2.05, 4.69) is 20.4 Å². The Balaban J connectivity index is 1.14. The highest BCUT2D eigenvalue weighted by Crippen LogP contribution is 2.28. The lowest BCUT2D eigenvalue weighted by Crippen LogP contribution is -2.48. The minimum Gasteiger partial charge on any atom is -0.497 e. The van der Waals surface area contributed by atoms with Gasteiger partial charge in [0.15, 0.2) is 0 Å². The molecule has 0 unspecified atom stereocenters. The number of ether oxygens (including phenoxy) is 1. The Bertz CT molecular complexity index is 1480. The fraction of sp³-hybridized carbons (Fsp3) is 0.222. The Hall–Kier alpha value is -3.64. The van der Waals surface area contributed by atoms with E-state index < -0.39 is 10.0 Å². The molecule has 4 aromatic rings. The summed E-state index contributed by atoms with van der Waals surface area (Å²) in [5.41, 5.74) is 2.47. The molecule has 1 aliphatic heterocycles. The quantitative estimate of drug-likeness (QED) is 0.355. The maximum absolute atomic E-state index is 12.8. The Kier molecular flexibility index (Phi) is 7.79. The van der Waals surface area contributed by atoms with E-state index in [4.69, 9.17) is 4.74 Å². The van der Waals surface area contributed by atoms with E-state index in [0.29, 0.717) is 53.3 Å². The SMILES string of the molecule is COc1ccc(-c2nnc(NC(=O)c3ccc(CN4CCN(S(=O)(=O)c5ccccc5)CC4)cc3)s2)cc1. The summed E-state index contributed by atoms with van der Waals surface area (Å²) in [4.78, 5) is 15.3. The molecule has 5 rings (SSSR count). The predicted octanol–water partition coefficient (Wildman–Crippen LogP) is 3.97. The van der Waals surface area contributed by atoms with E-state index in [1.165, 1.54) is 11.3 Å². The van der Waals surface area contributed by atoms with E-state index in [9.17, 15) is 13.2 Å². The van der Waals surface area contributed by atoms with Crippen LogP contribution in [0.4, 0.5) is 5.13 Å². The van der Waals surface area contributed by atoms with Gasteiger partial charge in [0, 0.05) is 43.9 Å². The van der Waals surface area contributed by atoms with Crippen LogP contribution in [0.3, 0.4) is 0 Å². The minimum atomic E-state index is -3.47. The number of hydrogen-bond donors (Lipinski definition) is 1. The highest BCUT2D eigenvalue weighted by atomic mass is 32.2. The molecule has 1 aliphatic rings. The van der Waals surface area contributed by atoms with Crippen LogP contribution in [0.5, 0.6) is 5.75 Å². The molecular formula is C27H27N5O4S2. The topological polar surface area (TPSA) is 105 Å². The van der Waals surface area contributed by atoms with Gasteiger partial charge < -0.3 is 4.74 Å². The van der Waals surface area contributed by atoms with Crippen LogP contribution in [0.1, 0.15) is 15.9 Å². The third kappa shape index (κ3) is 5.91. The monoisotopic (exact) mass is 549 g/mol. The molecule has 0 atom stereocenters. The summed E-state index contributed by atoms with van der Waals surface area (Å²) >= 11 is 1.30. The molecule has 0 aliphatic carbocycles. The summed E-state index contributed by atoms with van der Waals surface area (Å²) in [6.45, 7) is 2.85. The van der Waals surface area contributed by atoms with Crippen molar-refractivity contribution < 1.29 is 17.9 Å². The molecule has 0 radical (unpaired) electrons. The summed E-state index contributed by atoms with van der Waals surface area (Å²) in [6.07, 6.45) is 0. The van der Waals surface area contributed by atoms with Crippen molar-refractivity contribution in [2.75, 3.05) is 38.6 Å². The minimum absolute atomic E-state index is 0.256. The second-order valence-corrected chi connectivity index (χ2v) is 11.7. The first-order valence-corrected chi connectivity index (χ1v) is 14.3. The molecule has 0 spiro atoms. The largest absolute Gasteiger partial charge is 0.497 e. The number of nitrogens with one attached hydrogen (secondary N) is 1. The molecular weight excluding hydrogens is 522 g/mol. The van der Waals surface area contributed by atoms with Gasteiger partial charge in [0.25, 0.3) is 5.91 Å². The van der Waals surface area contributed by atoms with Crippen molar-refractivity contribution in [2.45, 2.75) is 11.4 Å². The summed E-state index contributed by atoms with van der Waals surface area (Å²) in [5.74, 6) is 0.502. The highest BCUT2D eigenvalue weighted by Gasteiger charge is 2.28. The lowest BCUT2D eigenvalue weighted by Gasteiger charge is -2.34. The van der Waals surface area contributed by atoms with Gasteiger partial charge in [0.2, 0.25) is 15.2 Å². The number of hydrogen-bond acceptors (Lipinski definition) is 8. The number of rotatable bonds is 8. The van der Waals surface area contributed by atoms with Crippen molar-refractivity contribution in [1.82, 2.24) is 19.4 Å². The molecule has 1 saturated heterocycles. The molecule has 0 bridgehead atoms. The number of sulfonamides is 1. The average Bonchev–Trinajstić information content (AvgIpc) is 3.42. The lowest BCUT2D eigenvalue weighted by atomic mass is 10.1. The number of amides is 1. The van der Waals surface area contributed by atoms with Crippen LogP contribution in [-0.4, -0.2) is 67.0 Å². The zero-order chi connectivity index (χ0) is 26.5. The molecule has 1 aromatic heterocycles. The molecule has 38 heavy (non-hydrogen) atoms. The van der Waals surface area contributed by atoms with Crippen LogP contribution in [0.15, 0.2) is 83.8 Å². The Morgan fingerprint density at radius 2 is 1.61 bits per heavy atom. The number of anilines is 1. The van der Waals surface area contributed by atoms with Crippen LogP contribution in [-0.2, 0) is 16.6 Å². The number of nitrogens with zero attached hydrogens (tertiary/aromatic N) is 4. The Labute approximate surface area is 225 Å². The van der Waals surface area contributed by atoms with Gasteiger partial charge in [-0.1, -0.05) is 41.7 Å². The van der Waals surface area contributed by atoms with Crippen molar-refractivity contribution in [1.29, 1.82) is 0 Å². The van der Waals surface area contributed by atoms with Crippen LogP contribution < -0.4 is 10.1 Å². The van der Waals surface area contributed by atoms with Crippen molar-refractivity contribution in [2.24, 2.45) is 0 Å². The molecule has 3 aromatic carbocycles. The summed E-state index contributed by atoms with van der Waals surface area (Å²) < 4.78 is 32.4. The lowest BCUT2D eigenvalue weighted by molar-refractivity contribution is 0.102. The van der Waals surface area contributed by atoms with Gasteiger partial charge in [0.05, 0.1) is 12.0 Å². The number of carbonyl (C=O) groups is 1. The fourth-order valence-electron chi connectivity index (χ4n) is 4.18. The maximum atomic E-state index is 12.8. The molecule has 196 valence electrons. The van der Waals surface area contributed by atoms with Crippen LogP contribution in [0, 0.1) is 0 Å². The van der Waals surface area contributed by atoms with Crippen LogP contribution in [0.2, 0.25) is 0 Å². The third-order valence-corrected chi connectivity index (χ3v) is 9.12. The van der Waals surface area contributed by atoms with E-state index in [0.717, 1.165) is 16.9 Å². The van der Waals surface area contributed by atoms with E-state index in [-0.39, 0.29) is 5.91 Å². The van der Waals surface area contributed by atoms with E-state index >= 15 is 0 Å². The number of carbonyl (C=O) groups excluding carboxylic acids is 1. The Morgan fingerprint density at radius 3 is 2.26 bits per heavy atom. The number of benzene rings is 3. The Morgan fingerprint density at radius 1 is 0.921 bits per heavy atom. The van der Waals surface area contributed by atoms with Crippen LogP contribution >= 0.6 is 11.3 Å². The first kappa shape index (κ1) is 26.0. The van der Waals surface area contributed by atoms with Crippen molar-refractivity contribution >= 4 is 32.4 Å². The number of aromatic nitrogens is 2. The van der Waals surface area contributed by atoms with Gasteiger partial charge >= 0.3 is 0 Å². The van der Waals surface area contributed by atoms with Crippen molar-refractivity contribution in [3.63, 3.8) is 0 Å². The second kappa shape index (κ2) is 11.4. The van der Waals surface area contributed by atoms with Crippen LogP contribution in [0.25, 0.3) is 10.6 Å². The number of methoxy groups -OCH3 is 1. The van der Waals surface area contributed by atoms with E-state index in [1.807, 2.05) is 42.5 Å². The first-order chi connectivity index (χ1) is 18.4. The van der Waals surface area contributed by atoms with Gasteiger partial charge in [-0.05, 0) is 54.1 Å². The standard InChI is InChI=1S/C27H27N5O4S2/c1-36-23-13-11-22(12-14-23)26-29-30-27(37-26)28-25(33)21-9-7-20(8-10-21)19-31-15-17-32(18-16-31)38(34,35)24-5-3-2-4-6-24/h2-14H,15-19H2,1H3,(H,28,30,33). The molecule has 1 N–H and O–H groups in total. The van der Waals surface area contributed by atoms with Crippen molar-refractivity contribution in [3.05, 3.63) is 90.0 Å². The summed E-state index contributed by atoms with van der Waals surface area (Å²) in [6, 6.07) is 23.4. The predicted molar refractivity (Wildman–Crippen MR) is 147 cm³/mol. The van der Waals surface area contributed by atoms with Gasteiger partial charge in [-0.15, -0.1) is 10.2 Å². The van der Waals surface area contributed by atoms with Gasteiger partial charge in [-0.2, -0.15) is 4.31 Å². The zero-order valence-corrected chi connectivity index (χ0v) is 22.4. The number of piperazine rings is 1. The average molecular weight is 550 g/mol. The molecule has 9 nitrogen and oxygen atoms in total. The first-order valence-electron chi connectivity index (χ1n) is 12.1. The van der Waals surface area contributed by atoms with Gasteiger partial charge in [-0.25, -0.2) is 8.42 Å². The second-order valence-electron chi connectivity index (χ2n) is 8.79. The summed E-state index contributed by atoms with van der Waals surface area (Å²) in [7, 11) is -1.85. The van der Waals surface area contributed by atoms with E-state index in [1.54, 1.807) is 47.8 Å². The van der Waals surface area contributed by atoms with Crippen molar-refractivity contribution in [3.8, 4) is 16.3 Å². The molecule has 1 amide bonds. The normalized spacial score (nSPS) is 14.8. The smallest absolute Gasteiger partial charge is 0.257 e. The maximum Gasteiger partial charge on any atom is 0.257 e. The molecule has 2 heterocycles. The fourth-order valence-corrected chi connectivity index (χ4v) is 6.37. The molecule has 1 fully saturated rings. The summed E-state index contributed by atoms with van der Waals surface area (Å²) in [5, 5.41) is 12.2. The highest BCUT2D eigenvalue weighted by molar-refractivity contribution is 7.89.